The summed E-state index contributed by atoms with van der Waals surface area (Å²) in [5.74, 6) is 0. The summed E-state index contributed by atoms with van der Waals surface area (Å²) < 4.78 is 0. The standard InChI is InChI=1S/C17H21ClN2/c1-3-9-19-13(2)16-8-7-14(12-17(16)18)11-15-6-4-5-10-20-15/h4-8,10,12-13,19H,3,9,11H2,1-2H3. The third kappa shape index (κ3) is 4.06. The average Bonchev–Trinajstić information content (AvgIpc) is 2.46. The van der Waals surface area contributed by atoms with Crippen LogP contribution in [0.2, 0.25) is 5.02 Å². The second-order valence-corrected chi connectivity index (χ2v) is 5.44. The second-order valence-electron chi connectivity index (χ2n) is 5.03. The average molecular weight is 289 g/mol. The Morgan fingerprint density at radius 2 is 2.10 bits per heavy atom. The molecule has 1 N–H and O–H groups in total. The summed E-state index contributed by atoms with van der Waals surface area (Å²) in [6, 6.07) is 12.6. The van der Waals surface area contributed by atoms with E-state index in [2.05, 4.69) is 42.3 Å². The molecule has 20 heavy (non-hydrogen) atoms. The highest BCUT2D eigenvalue weighted by Crippen LogP contribution is 2.25. The zero-order valence-electron chi connectivity index (χ0n) is 12.1. The molecule has 2 nitrogen and oxygen atoms in total. The number of aromatic nitrogens is 1. The van der Waals surface area contributed by atoms with Crippen LogP contribution in [0, 0.1) is 0 Å². The first-order valence-electron chi connectivity index (χ1n) is 7.12. The first kappa shape index (κ1) is 15.0. The van der Waals surface area contributed by atoms with E-state index in [1.54, 1.807) is 0 Å². The van der Waals surface area contributed by atoms with Crippen molar-refractivity contribution in [3.05, 3.63) is 64.4 Å². The van der Waals surface area contributed by atoms with E-state index in [-0.39, 0.29) is 6.04 Å². The molecule has 1 aromatic heterocycles. The van der Waals surface area contributed by atoms with Crippen LogP contribution in [0.25, 0.3) is 0 Å². The number of rotatable bonds is 6. The van der Waals surface area contributed by atoms with E-state index in [4.69, 9.17) is 11.6 Å². The number of benzene rings is 1. The normalized spacial score (nSPS) is 12.3. The van der Waals surface area contributed by atoms with Crippen molar-refractivity contribution in [1.82, 2.24) is 10.3 Å². The van der Waals surface area contributed by atoms with Crippen LogP contribution in [-0.4, -0.2) is 11.5 Å². The van der Waals surface area contributed by atoms with Crippen molar-refractivity contribution < 1.29 is 0 Å². The fraction of sp³-hybridized carbons (Fsp3) is 0.353. The number of nitrogens with zero attached hydrogens (tertiary/aromatic N) is 1. The van der Waals surface area contributed by atoms with E-state index in [9.17, 15) is 0 Å². The molecule has 1 unspecified atom stereocenters. The summed E-state index contributed by atoms with van der Waals surface area (Å²) in [5, 5.41) is 4.29. The maximum absolute atomic E-state index is 6.41. The summed E-state index contributed by atoms with van der Waals surface area (Å²) in [6.07, 6.45) is 3.76. The van der Waals surface area contributed by atoms with Gasteiger partial charge >= 0.3 is 0 Å². The van der Waals surface area contributed by atoms with Crippen molar-refractivity contribution in [2.45, 2.75) is 32.7 Å². The number of hydrogen-bond donors (Lipinski definition) is 1. The van der Waals surface area contributed by atoms with Crippen LogP contribution >= 0.6 is 11.6 Å². The van der Waals surface area contributed by atoms with Gasteiger partial charge in [0, 0.05) is 29.4 Å². The van der Waals surface area contributed by atoms with Gasteiger partial charge in [-0.05, 0) is 49.2 Å². The Morgan fingerprint density at radius 3 is 2.75 bits per heavy atom. The van der Waals surface area contributed by atoms with Crippen molar-refractivity contribution in [2.24, 2.45) is 0 Å². The van der Waals surface area contributed by atoms with Gasteiger partial charge in [0.15, 0.2) is 0 Å². The Labute approximate surface area is 126 Å². The highest BCUT2D eigenvalue weighted by atomic mass is 35.5. The van der Waals surface area contributed by atoms with Crippen molar-refractivity contribution in [2.75, 3.05) is 6.54 Å². The molecule has 1 atom stereocenters. The minimum Gasteiger partial charge on any atom is -0.310 e. The molecule has 0 amide bonds. The topological polar surface area (TPSA) is 24.9 Å². The van der Waals surface area contributed by atoms with Gasteiger partial charge in [-0.3, -0.25) is 4.98 Å². The summed E-state index contributed by atoms with van der Waals surface area (Å²) >= 11 is 6.41. The van der Waals surface area contributed by atoms with Gasteiger partial charge in [0.2, 0.25) is 0 Å². The third-order valence-corrected chi connectivity index (χ3v) is 3.67. The van der Waals surface area contributed by atoms with Gasteiger partial charge in [0.25, 0.3) is 0 Å². The zero-order chi connectivity index (χ0) is 14.4. The Bertz CT molecular complexity index is 540. The van der Waals surface area contributed by atoms with Gasteiger partial charge < -0.3 is 5.32 Å². The highest BCUT2D eigenvalue weighted by molar-refractivity contribution is 6.31. The SMILES string of the molecule is CCCNC(C)c1ccc(Cc2ccccn2)cc1Cl. The maximum Gasteiger partial charge on any atom is 0.0456 e. The van der Waals surface area contributed by atoms with Crippen LogP contribution in [0.3, 0.4) is 0 Å². The van der Waals surface area contributed by atoms with Gasteiger partial charge in [-0.15, -0.1) is 0 Å². The smallest absolute Gasteiger partial charge is 0.0456 e. The Balaban J connectivity index is 2.09. The molecule has 0 saturated heterocycles. The van der Waals surface area contributed by atoms with E-state index >= 15 is 0 Å². The summed E-state index contributed by atoms with van der Waals surface area (Å²) in [7, 11) is 0. The van der Waals surface area contributed by atoms with Crippen LogP contribution in [0.15, 0.2) is 42.6 Å². The van der Waals surface area contributed by atoms with E-state index < -0.39 is 0 Å². The van der Waals surface area contributed by atoms with Gasteiger partial charge in [-0.25, -0.2) is 0 Å². The Kier molecular flexibility index (Phi) is 5.57. The lowest BCUT2D eigenvalue weighted by atomic mass is 10.0. The fourth-order valence-corrected chi connectivity index (χ4v) is 2.58. The highest BCUT2D eigenvalue weighted by Gasteiger charge is 2.09. The van der Waals surface area contributed by atoms with Crippen molar-refractivity contribution in [3.63, 3.8) is 0 Å². The predicted molar refractivity (Wildman–Crippen MR) is 85.2 cm³/mol. The molecular formula is C17H21ClN2. The minimum atomic E-state index is 0.284. The van der Waals surface area contributed by atoms with Gasteiger partial charge in [-0.1, -0.05) is 36.7 Å². The quantitative estimate of drug-likeness (QED) is 0.853. The third-order valence-electron chi connectivity index (χ3n) is 3.34. The summed E-state index contributed by atoms with van der Waals surface area (Å²) in [5.41, 5.74) is 3.42. The molecule has 1 heterocycles. The van der Waals surface area contributed by atoms with Crippen LogP contribution in [-0.2, 0) is 6.42 Å². The monoisotopic (exact) mass is 288 g/mol. The lowest BCUT2D eigenvalue weighted by molar-refractivity contribution is 0.571. The molecule has 0 aliphatic heterocycles. The molecule has 0 radical (unpaired) electrons. The Morgan fingerprint density at radius 1 is 1.25 bits per heavy atom. The van der Waals surface area contributed by atoms with Crippen LogP contribution < -0.4 is 5.32 Å². The number of pyridine rings is 1. The maximum atomic E-state index is 6.41. The fourth-order valence-electron chi connectivity index (χ4n) is 2.21. The minimum absolute atomic E-state index is 0.284. The molecule has 0 spiro atoms. The van der Waals surface area contributed by atoms with Gasteiger partial charge in [0.1, 0.15) is 0 Å². The molecular weight excluding hydrogens is 268 g/mol. The number of hydrogen-bond acceptors (Lipinski definition) is 2. The Hall–Kier alpha value is -1.38. The van der Waals surface area contributed by atoms with E-state index in [0.29, 0.717) is 0 Å². The van der Waals surface area contributed by atoms with E-state index in [1.165, 1.54) is 5.56 Å². The first-order chi connectivity index (χ1) is 9.70. The van der Waals surface area contributed by atoms with Gasteiger partial charge in [-0.2, -0.15) is 0 Å². The first-order valence-corrected chi connectivity index (χ1v) is 7.50. The molecule has 0 bridgehead atoms. The second kappa shape index (κ2) is 7.41. The van der Waals surface area contributed by atoms with Crippen LogP contribution in [0.4, 0.5) is 0 Å². The van der Waals surface area contributed by atoms with Crippen molar-refractivity contribution in [3.8, 4) is 0 Å². The molecule has 0 fully saturated rings. The molecule has 0 saturated carbocycles. The predicted octanol–water partition coefficient (Wildman–Crippen LogP) is 4.39. The lowest BCUT2D eigenvalue weighted by Gasteiger charge is -2.16. The summed E-state index contributed by atoms with van der Waals surface area (Å²) in [4.78, 5) is 4.35. The molecule has 0 aliphatic rings. The van der Waals surface area contributed by atoms with Crippen molar-refractivity contribution in [1.29, 1.82) is 0 Å². The van der Waals surface area contributed by atoms with E-state index in [1.807, 2.05) is 24.4 Å². The molecule has 1 aromatic carbocycles. The molecule has 2 rings (SSSR count). The molecule has 0 aliphatic carbocycles. The van der Waals surface area contributed by atoms with Gasteiger partial charge in [0.05, 0.1) is 0 Å². The molecule has 2 aromatic rings. The number of nitrogens with one attached hydrogen (secondary N) is 1. The largest absolute Gasteiger partial charge is 0.310 e. The molecule has 106 valence electrons. The van der Waals surface area contributed by atoms with Crippen LogP contribution in [0.5, 0.6) is 0 Å². The summed E-state index contributed by atoms with van der Waals surface area (Å²) in [6.45, 7) is 5.32. The number of halogens is 1. The lowest BCUT2D eigenvalue weighted by Crippen LogP contribution is -2.19. The zero-order valence-corrected chi connectivity index (χ0v) is 12.8. The van der Waals surface area contributed by atoms with Crippen LogP contribution in [0.1, 0.15) is 43.1 Å². The van der Waals surface area contributed by atoms with E-state index in [0.717, 1.165) is 35.7 Å². The van der Waals surface area contributed by atoms with Crippen molar-refractivity contribution >= 4 is 11.6 Å². The molecule has 3 heteroatoms.